The van der Waals surface area contributed by atoms with Gasteiger partial charge in [0, 0.05) is 6.54 Å². The van der Waals surface area contributed by atoms with Gasteiger partial charge in [0.25, 0.3) is 5.56 Å². The highest BCUT2D eigenvalue weighted by molar-refractivity contribution is 7.99. The lowest BCUT2D eigenvalue weighted by molar-refractivity contribution is 0.632. The van der Waals surface area contributed by atoms with Crippen LogP contribution in [0.15, 0.2) is 23.3 Å². The molecule has 2 aromatic rings. The first-order valence-electron chi connectivity index (χ1n) is 6.32. The highest BCUT2D eigenvalue weighted by Gasteiger charge is 2.15. The molecular weight excluding hydrogens is 260 g/mol. The summed E-state index contributed by atoms with van der Waals surface area (Å²) in [6.07, 6.45) is 2.67. The number of nitrogen functional groups attached to an aromatic ring is 1. The third-order valence-electron chi connectivity index (χ3n) is 3.42. The summed E-state index contributed by atoms with van der Waals surface area (Å²) >= 11 is 2.00. The largest absolute Gasteiger partial charge is 0.397 e. The zero-order valence-corrected chi connectivity index (χ0v) is 11.3. The van der Waals surface area contributed by atoms with Crippen LogP contribution in [-0.2, 0) is 0 Å². The Labute approximate surface area is 115 Å². The van der Waals surface area contributed by atoms with Crippen molar-refractivity contribution in [3.05, 3.63) is 28.8 Å². The maximum absolute atomic E-state index is 11.6. The van der Waals surface area contributed by atoms with Crippen LogP contribution in [0.1, 0.15) is 6.42 Å². The van der Waals surface area contributed by atoms with Crippen LogP contribution in [0.4, 0.5) is 11.4 Å². The van der Waals surface area contributed by atoms with E-state index in [9.17, 15) is 4.79 Å². The Morgan fingerprint density at radius 3 is 3.21 bits per heavy atom. The van der Waals surface area contributed by atoms with E-state index in [0.717, 1.165) is 12.2 Å². The number of aromatic nitrogens is 2. The highest BCUT2D eigenvalue weighted by atomic mass is 32.2. The van der Waals surface area contributed by atoms with E-state index in [2.05, 4.69) is 15.3 Å². The number of H-pyrrole nitrogens is 1. The Hall–Kier alpha value is -1.69. The number of nitrogens with one attached hydrogen (secondary N) is 2. The van der Waals surface area contributed by atoms with Gasteiger partial charge in [-0.15, -0.1) is 0 Å². The summed E-state index contributed by atoms with van der Waals surface area (Å²) in [6, 6.07) is 3.54. The van der Waals surface area contributed by atoms with Crippen LogP contribution in [0.2, 0.25) is 0 Å². The Morgan fingerprint density at radius 2 is 2.42 bits per heavy atom. The molecule has 5 nitrogen and oxygen atoms in total. The number of anilines is 2. The minimum atomic E-state index is -0.157. The Balaban J connectivity index is 1.86. The Bertz CT molecular complexity index is 649. The molecule has 4 N–H and O–H groups in total. The van der Waals surface area contributed by atoms with Crippen LogP contribution < -0.4 is 16.6 Å². The molecule has 1 unspecified atom stereocenters. The van der Waals surface area contributed by atoms with Crippen LogP contribution in [0, 0.1) is 5.92 Å². The summed E-state index contributed by atoms with van der Waals surface area (Å²) in [5, 5.41) is 3.91. The van der Waals surface area contributed by atoms with Crippen LogP contribution >= 0.6 is 11.8 Å². The molecule has 19 heavy (non-hydrogen) atoms. The van der Waals surface area contributed by atoms with Crippen molar-refractivity contribution in [2.45, 2.75) is 6.42 Å². The van der Waals surface area contributed by atoms with E-state index in [1.807, 2.05) is 17.8 Å². The van der Waals surface area contributed by atoms with Crippen LogP contribution in [0.3, 0.4) is 0 Å². The van der Waals surface area contributed by atoms with Gasteiger partial charge in [-0.3, -0.25) is 4.79 Å². The van der Waals surface area contributed by atoms with E-state index >= 15 is 0 Å². The molecule has 1 atom stereocenters. The van der Waals surface area contributed by atoms with E-state index < -0.39 is 0 Å². The lowest BCUT2D eigenvalue weighted by Gasteiger charge is -2.13. The lowest BCUT2D eigenvalue weighted by Crippen LogP contribution is -2.15. The number of rotatable bonds is 3. The molecule has 3 rings (SSSR count). The van der Waals surface area contributed by atoms with Crippen LogP contribution in [0.25, 0.3) is 10.9 Å². The van der Waals surface area contributed by atoms with E-state index in [0.29, 0.717) is 22.5 Å². The van der Waals surface area contributed by atoms with Gasteiger partial charge in [0.15, 0.2) is 0 Å². The quantitative estimate of drug-likeness (QED) is 0.743. The fourth-order valence-electron chi connectivity index (χ4n) is 2.28. The molecule has 100 valence electrons. The third-order valence-corrected chi connectivity index (χ3v) is 4.65. The monoisotopic (exact) mass is 276 g/mol. The van der Waals surface area contributed by atoms with Gasteiger partial charge in [0.1, 0.15) is 0 Å². The molecule has 0 spiro atoms. The normalized spacial score (nSPS) is 18.8. The van der Waals surface area contributed by atoms with Gasteiger partial charge in [0.2, 0.25) is 0 Å². The molecule has 6 heteroatoms. The molecule has 1 fully saturated rings. The predicted octanol–water partition coefficient (Wildman–Crippen LogP) is 1.67. The molecule has 0 radical (unpaired) electrons. The number of thioether (sulfide) groups is 1. The minimum Gasteiger partial charge on any atom is -0.397 e. The standard InChI is InChI=1S/C13H16N4OS/c14-10-3-9-11(16-7-17-13(9)18)4-12(10)15-5-8-1-2-19-6-8/h3-4,7-8,15H,1-2,5-6,14H2,(H,16,17,18). The summed E-state index contributed by atoms with van der Waals surface area (Å²) in [5.74, 6) is 3.15. The first-order valence-corrected chi connectivity index (χ1v) is 7.48. The average Bonchev–Trinajstić information content (AvgIpc) is 2.91. The summed E-state index contributed by atoms with van der Waals surface area (Å²) in [5.41, 5.74) is 7.96. The van der Waals surface area contributed by atoms with Gasteiger partial charge in [-0.05, 0) is 36.0 Å². The van der Waals surface area contributed by atoms with Crippen molar-refractivity contribution >= 4 is 34.0 Å². The summed E-state index contributed by atoms with van der Waals surface area (Å²) < 4.78 is 0. The third kappa shape index (κ3) is 2.53. The van der Waals surface area contributed by atoms with Gasteiger partial charge in [0.05, 0.1) is 28.6 Å². The Kier molecular flexibility index (Phi) is 3.33. The fraction of sp³-hybridized carbons (Fsp3) is 0.385. The molecule has 0 aliphatic carbocycles. The molecule has 1 aromatic heterocycles. The molecule has 0 bridgehead atoms. The topological polar surface area (TPSA) is 83.8 Å². The second-order valence-electron chi connectivity index (χ2n) is 4.80. The smallest absolute Gasteiger partial charge is 0.258 e. The van der Waals surface area contributed by atoms with Crippen molar-refractivity contribution < 1.29 is 0 Å². The molecular formula is C13H16N4OS. The van der Waals surface area contributed by atoms with E-state index in [4.69, 9.17) is 5.73 Å². The highest BCUT2D eigenvalue weighted by Crippen LogP contribution is 2.26. The van der Waals surface area contributed by atoms with Gasteiger partial charge < -0.3 is 16.0 Å². The van der Waals surface area contributed by atoms with Crippen molar-refractivity contribution in [3.63, 3.8) is 0 Å². The second kappa shape index (κ2) is 5.13. The first kappa shape index (κ1) is 12.3. The molecule has 1 saturated heterocycles. The summed E-state index contributed by atoms with van der Waals surface area (Å²) in [4.78, 5) is 18.4. The average molecular weight is 276 g/mol. The molecule has 0 amide bonds. The van der Waals surface area contributed by atoms with Crippen molar-refractivity contribution in [2.75, 3.05) is 29.1 Å². The van der Waals surface area contributed by atoms with Gasteiger partial charge >= 0.3 is 0 Å². The van der Waals surface area contributed by atoms with Crippen molar-refractivity contribution in [2.24, 2.45) is 5.92 Å². The first-order chi connectivity index (χ1) is 9.24. The maximum atomic E-state index is 11.6. The SMILES string of the molecule is Nc1cc2c(=O)[nH]cnc2cc1NCC1CCSC1. The molecule has 1 aliphatic heterocycles. The zero-order chi connectivity index (χ0) is 13.2. The van der Waals surface area contributed by atoms with Gasteiger partial charge in [-0.2, -0.15) is 11.8 Å². The molecule has 2 heterocycles. The van der Waals surface area contributed by atoms with Crippen LogP contribution in [0.5, 0.6) is 0 Å². The number of benzene rings is 1. The number of nitrogens with two attached hydrogens (primary N) is 1. The van der Waals surface area contributed by atoms with Crippen LogP contribution in [-0.4, -0.2) is 28.0 Å². The Morgan fingerprint density at radius 1 is 1.53 bits per heavy atom. The van der Waals surface area contributed by atoms with Gasteiger partial charge in [-0.1, -0.05) is 0 Å². The second-order valence-corrected chi connectivity index (χ2v) is 5.95. The predicted molar refractivity (Wildman–Crippen MR) is 80.7 cm³/mol. The summed E-state index contributed by atoms with van der Waals surface area (Å²) in [6.45, 7) is 0.923. The van der Waals surface area contributed by atoms with E-state index in [-0.39, 0.29) is 5.56 Å². The fourth-order valence-corrected chi connectivity index (χ4v) is 3.57. The number of hydrogen-bond donors (Lipinski definition) is 3. The van der Waals surface area contributed by atoms with Crippen molar-refractivity contribution in [3.8, 4) is 0 Å². The number of aromatic amines is 1. The van der Waals surface area contributed by atoms with Gasteiger partial charge in [-0.25, -0.2) is 4.98 Å². The zero-order valence-electron chi connectivity index (χ0n) is 10.5. The number of nitrogens with zero attached hydrogens (tertiary/aromatic N) is 1. The summed E-state index contributed by atoms with van der Waals surface area (Å²) in [7, 11) is 0. The minimum absolute atomic E-state index is 0.157. The number of fused-ring (bicyclic) bond motifs is 1. The molecule has 0 saturated carbocycles. The molecule has 1 aromatic carbocycles. The maximum Gasteiger partial charge on any atom is 0.258 e. The van der Waals surface area contributed by atoms with Crippen molar-refractivity contribution in [1.82, 2.24) is 9.97 Å². The van der Waals surface area contributed by atoms with E-state index in [1.165, 1.54) is 24.3 Å². The van der Waals surface area contributed by atoms with Crippen molar-refractivity contribution in [1.29, 1.82) is 0 Å². The van der Waals surface area contributed by atoms with E-state index in [1.54, 1.807) is 6.07 Å². The molecule has 1 aliphatic rings. The lowest BCUT2D eigenvalue weighted by atomic mass is 10.1. The number of hydrogen-bond acceptors (Lipinski definition) is 5.